The van der Waals surface area contributed by atoms with Gasteiger partial charge in [0, 0.05) is 24.2 Å². The zero-order chi connectivity index (χ0) is 23.3. The molecule has 1 unspecified atom stereocenters. The Labute approximate surface area is 187 Å². The lowest BCUT2D eigenvalue weighted by atomic mass is 9.97. The quantitative estimate of drug-likeness (QED) is 0.445. The van der Waals surface area contributed by atoms with Crippen molar-refractivity contribution in [3.05, 3.63) is 45.5 Å². The third-order valence-electron chi connectivity index (χ3n) is 5.80. The molecule has 0 aliphatic rings. The van der Waals surface area contributed by atoms with Crippen LogP contribution in [0.2, 0.25) is 0 Å². The van der Waals surface area contributed by atoms with Crippen molar-refractivity contribution >= 4 is 0 Å². The number of hydrogen-bond donors (Lipinski definition) is 3. The molecule has 0 fully saturated rings. The van der Waals surface area contributed by atoms with Crippen molar-refractivity contribution < 1.29 is 19.7 Å². The number of ether oxygens (including phenoxy) is 2. The van der Waals surface area contributed by atoms with Crippen molar-refractivity contribution in [1.29, 1.82) is 0 Å². The van der Waals surface area contributed by atoms with Crippen molar-refractivity contribution in [1.82, 2.24) is 5.32 Å². The molecule has 0 saturated heterocycles. The number of aryl methyl sites for hydroxylation is 1. The minimum absolute atomic E-state index is 0.0677. The Balaban J connectivity index is 2.13. The van der Waals surface area contributed by atoms with Gasteiger partial charge >= 0.3 is 0 Å². The van der Waals surface area contributed by atoms with E-state index in [2.05, 4.69) is 26.1 Å². The average Bonchev–Trinajstić information content (AvgIpc) is 2.72. The predicted molar refractivity (Wildman–Crippen MR) is 127 cm³/mol. The Kier molecular flexibility index (Phi) is 8.63. The molecule has 3 N–H and O–H groups in total. The molecule has 0 saturated carbocycles. The van der Waals surface area contributed by atoms with Crippen LogP contribution in [0, 0.1) is 27.7 Å². The zero-order valence-electron chi connectivity index (χ0n) is 20.3. The number of rotatable bonds is 10. The van der Waals surface area contributed by atoms with Gasteiger partial charge in [0.25, 0.3) is 0 Å². The topological polar surface area (TPSA) is 71.0 Å². The van der Waals surface area contributed by atoms with Crippen LogP contribution >= 0.6 is 0 Å². The second-order valence-corrected chi connectivity index (χ2v) is 8.77. The van der Waals surface area contributed by atoms with E-state index in [0.29, 0.717) is 31.2 Å². The number of nitrogens with one attached hydrogen (secondary N) is 1. The van der Waals surface area contributed by atoms with E-state index in [1.54, 1.807) is 6.07 Å². The number of benzene rings is 2. The Morgan fingerprint density at radius 2 is 1.65 bits per heavy atom. The lowest BCUT2D eigenvalue weighted by molar-refractivity contribution is 0.213. The van der Waals surface area contributed by atoms with E-state index < -0.39 is 0 Å². The van der Waals surface area contributed by atoms with Crippen molar-refractivity contribution in [3.63, 3.8) is 0 Å². The summed E-state index contributed by atoms with van der Waals surface area (Å²) in [5.74, 6) is 2.56. The van der Waals surface area contributed by atoms with Gasteiger partial charge in [-0.2, -0.15) is 0 Å². The maximum atomic E-state index is 10.5. The smallest absolute Gasteiger partial charge is 0.127 e. The third-order valence-corrected chi connectivity index (χ3v) is 5.80. The Hall–Kier alpha value is -2.40. The van der Waals surface area contributed by atoms with Crippen LogP contribution < -0.4 is 14.8 Å². The SMILES string of the molecule is CCCOc1c(C)c(C)c(O)c(C)c1CNCC(C)Oc1cc(C)c(O)cc1C(C)C. The van der Waals surface area contributed by atoms with Crippen LogP contribution in [0.25, 0.3) is 0 Å². The van der Waals surface area contributed by atoms with Gasteiger partial charge in [0.1, 0.15) is 29.1 Å². The van der Waals surface area contributed by atoms with Crippen molar-refractivity contribution in [2.24, 2.45) is 0 Å². The molecule has 5 heteroatoms. The monoisotopic (exact) mass is 429 g/mol. The molecule has 0 amide bonds. The van der Waals surface area contributed by atoms with E-state index in [9.17, 15) is 10.2 Å². The number of aromatic hydroxyl groups is 2. The summed E-state index contributed by atoms with van der Waals surface area (Å²) in [4.78, 5) is 0. The molecule has 0 heterocycles. The van der Waals surface area contributed by atoms with Gasteiger partial charge in [-0.3, -0.25) is 0 Å². The molecule has 172 valence electrons. The number of phenols is 2. The minimum Gasteiger partial charge on any atom is -0.508 e. The van der Waals surface area contributed by atoms with E-state index in [-0.39, 0.29) is 12.0 Å². The van der Waals surface area contributed by atoms with Gasteiger partial charge in [0.15, 0.2) is 0 Å². The highest BCUT2D eigenvalue weighted by Gasteiger charge is 2.19. The minimum atomic E-state index is -0.0677. The van der Waals surface area contributed by atoms with Gasteiger partial charge in [0.2, 0.25) is 0 Å². The molecular weight excluding hydrogens is 390 g/mol. The van der Waals surface area contributed by atoms with E-state index in [1.165, 1.54) is 0 Å². The fourth-order valence-corrected chi connectivity index (χ4v) is 3.68. The van der Waals surface area contributed by atoms with Crippen LogP contribution in [0.15, 0.2) is 12.1 Å². The van der Waals surface area contributed by atoms with Crippen LogP contribution in [0.4, 0.5) is 0 Å². The lowest BCUT2D eigenvalue weighted by Crippen LogP contribution is -2.29. The molecule has 0 aromatic heterocycles. The normalized spacial score (nSPS) is 12.3. The molecule has 2 rings (SSSR count). The molecule has 0 aliphatic carbocycles. The molecule has 5 nitrogen and oxygen atoms in total. The van der Waals surface area contributed by atoms with Gasteiger partial charge in [-0.1, -0.05) is 20.8 Å². The summed E-state index contributed by atoms with van der Waals surface area (Å²) < 4.78 is 12.3. The number of hydrogen-bond acceptors (Lipinski definition) is 5. The summed E-state index contributed by atoms with van der Waals surface area (Å²) in [6.45, 7) is 17.9. The van der Waals surface area contributed by atoms with Crippen LogP contribution in [0.5, 0.6) is 23.0 Å². The fraction of sp³-hybridized carbons (Fsp3) is 0.538. The predicted octanol–water partition coefficient (Wildman–Crippen LogP) is 5.80. The molecule has 0 bridgehead atoms. The van der Waals surface area contributed by atoms with Gasteiger partial charge in [-0.05, 0) is 81.3 Å². The Morgan fingerprint density at radius 3 is 2.26 bits per heavy atom. The Bertz CT molecular complexity index is 905. The summed E-state index contributed by atoms with van der Waals surface area (Å²) in [5, 5.41) is 24.0. The highest BCUT2D eigenvalue weighted by Crippen LogP contribution is 2.37. The van der Waals surface area contributed by atoms with Gasteiger partial charge < -0.3 is 25.0 Å². The zero-order valence-corrected chi connectivity index (χ0v) is 20.3. The molecule has 0 spiro atoms. The van der Waals surface area contributed by atoms with Crippen LogP contribution in [0.1, 0.15) is 73.4 Å². The van der Waals surface area contributed by atoms with Crippen LogP contribution in [0.3, 0.4) is 0 Å². The standard InChI is InChI=1S/C26H39NO4/c1-9-10-30-26-19(7)18(6)25(29)20(8)22(26)14-27-13-17(5)31-24-11-16(4)23(28)12-21(24)15(2)3/h11-12,15,17,27-29H,9-10,13-14H2,1-8H3. The molecule has 31 heavy (non-hydrogen) atoms. The van der Waals surface area contributed by atoms with Crippen molar-refractivity contribution in [3.8, 4) is 23.0 Å². The largest absolute Gasteiger partial charge is 0.508 e. The van der Waals surface area contributed by atoms with E-state index in [0.717, 1.165) is 51.3 Å². The summed E-state index contributed by atoms with van der Waals surface area (Å²) >= 11 is 0. The van der Waals surface area contributed by atoms with Crippen molar-refractivity contribution in [2.45, 2.75) is 80.4 Å². The summed E-state index contributed by atoms with van der Waals surface area (Å²) in [7, 11) is 0. The first-order valence-electron chi connectivity index (χ1n) is 11.2. The lowest BCUT2D eigenvalue weighted by Gasteiger charge is -2.22. The van der Waals surface area contributed by atoms with Crippen molar-refractivity contribution in [2.75, 3.05) is 13.2 Å². The molecule has 2 aromatic rings. The van der Waals surface area contributed by atoms with E-state index in [1.807, 2.05) is 40.7 Å². The van der Waals surface area contributed by atoms with E-state index in [4.69, 9.17) is 9.47 Å². The fourth-order valence-electron chi connectivity index (χ4n) is 3.68. The second-order valence-electron chi connectivity index (χ2n) is 8.77. The molecular formula is C26H39NO4. The van der Waals surface area contributed by atoms with Crippen LogP contribution in [-0.4, -0.2) is 29.5 Å². The molecule has 2 aromatic carbocycles. The average molecular weight is 430 g/mol. The summed E-state index contributed by atoms with van der Waals surface area (Å²) in [5.41, 5.74) is 5.50. The first-order valence-corrected chi connectivity index (χ1v) is 11.2. The maximum absolute atomic E-state index is 10.5. The van der Waals surface area contributed by atoms with Crippen LogP contribution in [-0.2, 0) is 6.54 Å². The van der Waals surface area contributed by atoms with E-state index >= 15 is 0 Å². The third kappa shape index (κ3) is 5.85. The highest BCUT2D eigenvalue weighted by molar-refractivity contribution is 5.57. The first kappa shape index (κ1) is 24.9. The molecule has 0 radical (unpaired) electrons. The first-order chi connectivity index (χ1) is 14.6. The van der Waals surface area contributed by atoms with Gasteiger partial charge in [-0.15, -0.1) is 0 Å². The number of phenolic OH excluding ortho intramolecular Hbond substituents is 2. The highest BCUT2D eigenvalue weighted by atomic mass is 16.5. The second kappa shape index (κ2) is 10.8. The summed E-state index contributed by atoms with van der Waals surface area (Å²) in [6, 6.07) is 3.71. The van der Waals surface area contributed by atoms with Gasteiger partial charge in [0.05, 0.1) is 6.61 Å². The summed E-state index contributed by atoms with van der Waals surface area (Å²) in [6.07, 6.45) is 0.863. The Morgan fingerprint density at radius 1 is 0.968 bits per heavy atom. The maximum Gasteiger partial charge on any atom is 0.127 e. The molecule has 0 aliphatic heterocycles. The molecule has 1 atom stereocenters. The van der Waals surface area contributed by atoms with Gasteiger partial charge in [-0.25, -0.2) is 0 Å².